The van der Waals surface area contributed by atoms with Gasteiger partial charge in [0, 0.05) is 0 Å². The molecular formula is C8H21N3. The summed E-state index contributed by atoms with van der Waals surface area (Å²) in [5, 5.41) is 0. The largest absolute Gasteiger partial charge is 0.330 e. The van der Waals surface area contributed by atoms with Gasteiger partial charge in [-0.3, -0.25) is 0 Å². The molecule has 11 heavy (non-hydrogen) atoms. The van der Waals surface area contributed by atoms with E-state index < -0.39 is 5.66 Å². The van der Waals surface area contributed by atoms with Crippen LogP contribution in [0.15, 0.2) is 0 Å². The molecule has 0 aliphatic rings. The van der Waals surface area contributed by atoms with Crippen molar-refractivity contribution in [3.63, 3.8) is 0 Å². The first-order valence-corrected chi connectivity index (χ1v) is 4.40. The van der Waals surface area contributed by atoms with E-state index >= 15 is 0 Å². The first kappa shape index (κ1) is 10.9. The van der Waals surface area contributed by atoms with Gasteiger partial charge in [-0.2, -0.15) is 0 Å². The SMILES string of the molecule is CCCCC(N)(N)CCCN. The summed E-state index contributed by atoms with van der Waals surface area (Å²) in [5.74, 6) is 0. The summed E-state index contributed by atoms with van der Waals surface area (Å²) in [6.07, 6.45) is 4.93. The fraction of sp³-hybridized carbons (Fsp3) is 1.00. The molecule has 0 bridgehead atoms. The summed E-state index contributed by atoms with van der Waals surface area (Å²) in [6.45, 7) is 2.82. The van der Waals surface area contributed by atoms with Crippen LogP contribution in [-0.2, 0) is 0 Å². The van der Waals surface area contributed by atoms with Gasteiger partial charge in [-0.15, -0.1) is 0 Å². The second-order valence-electron chi connectivity index (χ2n) is 3.23. The van der Waals surface area contributed by atoms with E-state index in [0.717, 1.165) is 32.1 Å². The van der Waals surface area contributed by atoms with E-state index in [9.17, 15) is 0 Å². The average Bonchev–Trinajstić information content (AvgIpc) is 1.97. The van der Waals surface area contributed by atoms with Crippen molar-refractivity contribution in [1.29, 1.82) is 0 Å². The molecule has 0 aliphatic carbocycles. The van der Waals surface area contributed by atoms with Gasteiger partial charge in [0.15, 0.2) is 0 Å². The Labute approximate surface area is 69.3 Å². The van der Waals surface area contributed by atoms with Gasteiger partial charge in [-0.25, -0.2) is 0 Å². The molecule has 0 amide bonds. The maximum Gasteiger partial charge on any atom is 0.0637 e. The van der Waals surface area contributed by atoms with Crippen molar-refractivity contribution in [2.24, 2.45) is 17.2 Å². The van der Waals surface area contributed by atoms with Crippen molar-refractivity contribution in [1.82, 2.24) is 0 Å². The summed E-state index contributed by atoms with van der Waals surface area (Å²) in [4.78, 5) is 0. The van der Waals surface area contributed by atoms with Crippen molar-refractivity contribution in [2.45, 2.75) is 44.7 Å². The lowest BCUT2D eigenvalue weighted by Gasteiger charge is -2.23. The van der Waals surface area contributed by atoms with Crippen molar-refractivity contribution >= 4 is 0 Å². The van der Waals surface area contributed by atoms with Gasteiger partial charge < -0.3 is 17.2 Å². The van der Waals surface area contributed by atoms with Crippen LogP contribution in [0.1, 0.15) is 39.0 Å². The first-order valence-electron chi connectivity index (χ1n) is 4.40. The van der Waals surface area contributed by atoms with Gasteiger partial charge in [-0.1, -0.05) is 19.8 Å². The average molecular weight is 159 g/mol. The molecule has 3 nitrogen and oxygen atoms in total. The molecule has 0 aromatic rings. The van der Waals surface area contributed by atoms with Gasteiger partial charge in [0.1, 0.15) is 0 Å². The summed E-state index contributed by atoms with van der Waals surface area (Å²) in [5.41, 5.74) is 16.5. The number of hydrogen-bond acceptors (Lipinski definition) is 3. The molecule has 0 spiro atoms. The monoisotopic (exact) mass is 159 g/mol. The minimum absolute atomic E-state index is 0.477. The zero-order chi connectivity index (χ0) is 8.74. The van der Waals surface area contributed by atoms with Gasteiger partial charge in [0.25, 0.3) is 0 Å². The fourth-order valence-electron chi connectivity index (χ4n) is 1.06. The minimum Gasteiger partial charge on any atom is -0.330 e. The fourth-order valence-corrected chi connectivity index (χ4v) is 1.06. The summed E-state index contributed by atoms with van der Waals surface area (Å²) in [6, 6.07) is 0. The van der Waals surface area contributed by atoms with Crippen molar-refractivity contribution in [3.05, 3.63) is 0 Å². The van der Waals surface area contributed by atoms with Gasteiger partial charge >= 0.3 is 0 Å². The molecule has 0 aromatic heterocycles. The lowest BCUT2D eigenvalue weighted by Crippen LogP contribution is -2.49. The van der Waals surface area contributed by atoms with Crippen LogP contribution in [0.2, 0.25) is 0 Å². The number of unbranched alkanes of at least 4 members (excludes halogenated alkanes) is 1. The van der Waals surface area contributed by atoms with Crippen LogP contribution in [0.3, 0.4) is 0 Å². The zero-order valence-corrected chi connectivity index (χ0v) is 7.47. The van der Waals surface area contributed by atoms with E-state index in [1.165, 1.54) is 0 Å². The summed E-state index contributed by atoms with van der Waals surface area (Å²) < 4.78 is 0. The third-order valence-electron chi connectivity index (χ3n) is 1.84. The summed E-state index contributed by atoms with van der Waals surface area (Å²) >= 11 is 0. The molecule has 0 unspecified atom stereocenters. The highest BCUT2D eigenvalue weighted by atomic mass is 14.9. The highest BCUT2D eigenvalue weighted by Gasteiger charge is 2.16. The quantitative estimate of drug-likeness (QED) is 0.495. The van der Waals surface area contributed by atoms with Gasteiger partial charge in [-0.05, 0) is 25.8 Å². The molecule has 68 valence electrons. The number of hydrogen-bond donors (Lipinski definition) is 3. The molecule has 0 heterocycles. The molecule has 0 aliphatic heterocycles. The van der Waals surface area contributed by atoms with E-state index in [4.69, 9.17) is 17.2 Å². The normalized spacial score (nSPS) is 12.0. The van der Waals surface area contributed by atoms with Crippen LogP contribution in [0.25, 0.3) is 0 Å². The van der Waals surface area contributed by atoms with Gasteiger partial charge in [0.2, 0.25) is 0 Å². The topological polar surface area (TPSA) is 78.1 Å². The highest BCUT2D eigenvalue weighted by Crippen LogP contribution is 2.10. The van der Waals surface area contributed by atoms with Crippen molar-refractivity contribution in [2.75, 3.05) is 6.54 Å². The zero-order valence-electron chi connectivity index (χ0n) is 7.47. The molecule has 6 N–H and O–H groups in total. The summed E-state index contributed by atoms with van der Waals surface area (Å²) in [7, 11) is 0. The smallest absolute Gasteiger partial charge is 0.0637 e. The molecule has 3 heteroatoms. The van der Waals surface area contributed by atoms with E-state index in [-0.39, 0.29) is 0 Å². The van der Waals surface area contributed by atoms with Crippen LogP contribution in [0, 0.1) is 0 Å². The Hall–Kier alpha value is -0.120. The predicted molar refractivity (Wildman–Crippen MR) is 48.9 cm³/mol. The maximum absolute atomic E-state index is 5.81. The highest BCUT2D eigenvalue weighted by molar-refractivity contribution is 4.76. The second kappa shape index (κ2) is 5.52. The van der Waals surface area contributed by atoms with Crippen LogP contribution < -0.4 is 17.2 Å². The van der Waals surface area contributed by atoms with Crippen molar-refractivity contribution < 1.29 is 0 Å². The molecule has 0 aromatic carbocycles. The Balaban J connectivity index is 3.43. The Kier molecular flexibility index (Phi) is 5.46. The Morgan fingerprint density at radius 1 is 1.09 bits per heavy atom. The van der Waals surface area contributed by atoms with Crippen LogP contribution in [0.4, 0.5) is 0 Å². The van der Waals surface area contributed by atoms with E-state index in [2.05, 4.69) is 6.92 Å². The van der Waals surface area contributed by atoms with E-state index in [1.54, 1.807) is 0 Å². The number of rotatable bonds is 6. The standard InChI is InChI=1S/C8H21N3/c1-2-3-5-8(10,11)6-4-7-9/h2-7,9-11H2,1H3. The number of nitrogens with two attached hydrogens (primary N) is 3. The molecule has 0 fully saturated rings. The third-order valence-corrected chi connectivity index (χ3v) is 1.84. The molecule has 0 atom stereocenters. The molecule has 0 rings (SSSR count). The van der Waals surface area contributed by atoms with Crippen LogP contribution >= 0.6 is 0 Å². The lowest BCUT2D eigenvalue weighted by atomic mass is 9.99. The molecule has 0 radical (unpaired) electrons. The Bertz CT molecular complexity index is 81.3. The molecular weight excluding hydrogens is 138 g/mol. The lowest BCUT2D eigenvalue weighted by molar-refractivity contribution is 0.359. The van der Waals surface area contributed by atoms with E-state index in [1.807, 2.05) is 0 Å². The second-order valence-corrected chi connectivity index (χ2v) is 3.23. The molecule has 0 saturated heterocycles. The predicted octanol–water partition coefficient (Wildman–Crippen LogP) is 0.529. The van der Waals surface area contributed by atoms with E-state index in [0.29, 0.717) is 6.54 Å². The maximum atomic E-state index is 5.81. The van der Waals surface area contributed by atoms with Gasteiger partial charge in [0.05, 0.1) is 5.66 Å². The Morgan fingerprint density at radius 3 is 2.09 bits per heavy atom. The first-order chi connectivity index (χ1) is 5.12. The minimum atomic E-state index is -0.477. The Morgan fingerprint density at radius 2 is 1.64 bits per heavy atom. The molecule has 0 saturated carbocycles. The van der Waals surface area contributed by atoms with Crippen molar-refractivity contribution in [3.8, 4) is 0 Å². The van der Waals surface area contributed by atoms with Crippen LogP contribution in [0.5, 0.6) is 0 Å². The third kappa shape index (κ3) is 6.28. The van der Waals surface area contributed by atoms with Crippen LogP contribution in [-0.4, -0.2) is 12.2 Å².